The number of rotatable bonds is 5. The smallest absolute Gasteiger partial charge is 0.396 e. The fourth-order valence-corrected chi connectivity index (χ4v) is 4.48. The zero-order chi connectivity index (χ0) is 24.7. The Hall–Kier alpha value is -3.73. The Morgan fingerprint density at radius 1 is 1.06 bits per heavy atom. The minimum absolute atomic E-state index is 0.0698. The highest BCUT2D eigenvalue weighted by Gasteiger charge is 2.43. The third kappa shape index (κ3) is 4.27. The molecule has 8 nitrogen and oxygen atoms in total. The predicted octanol–water partition coefficient (Wildman–Crippen LogP) is 3.69. The van der Waals surface area contributed by atoms with Crippen LogP contribution in [0.5, 0.6) is 0 Å². The molecular weight excluding hydrogens is 463 g/mol. The number of amides is 2. The van der Waals surface area contributed by atoms with Gasteiger partial charge in [-0.2, -0.15) is 18.3 Å². The number of fused-ring (bicyclic) bond motifs is 1. The number of aliphatic hydroxyl groups is 1. The van der Waals surface area contributed by atoms with Gasteiger partial charge in [-0.15, -0.1) is 0 Å². The molecule has 0 atom stereocenters. The second kappa shape index (κ2) is 8.81. The molecule has 2 aliphatic heterocycles. The van der Waals surface area contributed by atoms with E-state index in [0.717, 1.165) is 61.1 Å². The van der Waals surface area contributed by atoms with Gasteiger partial charge in [0.05, 0.1) is 11.9 Å². The van der Waals surface area contributed by atoms with E-state index in [-0.39, 0.29) is 18.0 Å². The molecule has 3 aromatic rings. The first-order valence-corrected chi connectivity index (χ1v) is 11.2. The summed E-state index contributed by atoms with van der Waals surface area (Å²) < 4.78 is 40.3. The van der Waals surface area contributed by atoms with Crippen molar-refractivity contribution in [2.45, 2.75) is 25.4 Å². The zero-order valence-electron chi connectivity index (χ0n) is 18.6. The van der Waals surface area contributed by atoms with Crippen LogP contribution in [0, 0.1) is 5.92 Å². The Bertz CT molecular complexity index is 1260. The second-order valence-electron chi connectivity index (χ2n) is 8.62. The molecule has 0 saturated carbocycles. The zero-order valence-corrected chi connectivity index (χ0v) is 18.6. The molecule has 0 radical (unpaired) electrons. The van der Waals surface area contributed by atoms with Crippen LogP contribution in [0.15, 0.2) is 48.7 Å². The molecule has 2 aromatic heterocycles. The Labute approximate surface area is 198 Å². The largest absolute Gasteiger partial charge is 0.433 e. The number of anilines is 2. The molecule has 1 fully saturated rings. The minimum Gasteiger partial charge on any atom is -0.396 e. The number of halogens is 3. The Morgan fingerprint density at radius 3 is 2.40 bits per heavy atom. The number of pyridine rings is 1. The van der Waals surface area contributed by atoms with Crippen molar-refractivity contribution in [3.8, 4) is 5.69 Å². The normalized spacial score (nSPS) is 16.3. The Balaban J connectivity index is 1.31. The van der Waals surface area contributed by atoms with Gasteiger partial charge < -0.3 is 10.0 Å². The summed E-state index contributed by atoms with van der Waals surface area (Å²) >= 11 is 0. The van der Waals surface area contributed by atoms with Crippen LogP contribution in [0.2, 0.25) is 0 Å². The lowest BCUT2D eigenvalue weighted by Crippen LogP contribution is -2.45. The summed E-state index contributed by atoms with van der Waals surface area (Å²) in [6, 6.07) is 10.6. The molecule has 2 amide bonds. The van der Waals surface area contributed by atoms with Crippen LogP contribution in [0.4, 0.5) is 24.5 Å². The van der Waals surface area contributed by atoms with E-state index in [1.54, 1.807) is 0 Å². The number of aliphatic hydroxyl groups excluding tert-OH is 1. The first-order valence-electron chi connectivity index (χ1n) is 11.2. The fraction of sp³-hybridized carbons (Fsp3) is 0.333. The number of hydrogen-bond acceptors (Lipinski definition) is 6. The van der Waals surface area contributed by atoms with Crippen molar-refractivity contribution in [3.05, 3.63) is 65.7 Å². The first-order chi connectivity index (χ1) is 16.8. The molecule has 1 aromatic carbocycles. The van der Waals surface area contributed by atoms with Gasteiger partial charge in [-0.05, 0) is 61.6 Å². The molecular formula is C24H22F3N5O3. The SMILES string of the molecule is O=C(c1cccc(C(F)(F)F)n1)N1C(=O)c2nn(-c3ccc(N4CCC(CCO)CC4)cc3)cc21. The number of aromatic nitrogens is 3. The van der Waals surface area contributed by atoms with Gasteiger partial charge in [-0.1, -0.05) is 6.07 Å². The average Bonchev–Trinajstić information content (AvgIpc) is 3.24. The molecule has 1 saturated heterocycles. The average molecular weight is 485 g/mol. The number of benzene rings is 1. The van der Waals surface area contributed by atoms with Crippen LogP contribution >= 0.6 is 0 Å². The number of imide groups is 1. The third-order valence-corrected chi connectivity index (χ3v) is 6.43. The van der Waals surface area contributed by atoms with E-state index in [0.29, 0.717) is 11.6 Å². The van der Waals surface area contributed by atoms with Crippen molar-refractivity contribution >= 4 is 23.2 Å². The lowest BCUT2D eigenvalue weighted by atomic mass is 9.93. The van der Waals surface area contributed by atoms with Gasteiger partial charge in [0.1, 0.15) is 17.1 Å². The molecule has 0 bridgehead atoms. The van der Waals surface area contributed by atoms with Crippen LogP contribution in [0.3, 0.4) is 0 Å². The first kappa shape index (κ1) is 23.0. The molecule has 35 heavy (non-hydrogen) atoms. The highest BCUT2D eigenvalue weighted by Crippen LogP contribution is 2.35. The van der Waals surface area contributed by atoms with Crippen LogP contribution in [0.1, 0.15) is 45.9 Å². The molecule has 0 unspecified atom stereocenters. The highest BCUT2D eigenvalue weighted by atomic mass is 19.4. The maximum absolute atomic E-state index is 13.0. The lowest BCUT2D eigenvalue weighted by molar-refractivity contribution is -0.141. The number of hydrogen-bond donors (Lipinski definition) is 1. The molecule has 0 aliphatic carbocycles. The topological polar surface area (TPSA) is 91.6 Å². The molecule has 4 heterocycles. The summed E-state index contributed by atoms with van der Waals surface area (Å²) in [5, 5.41) is 13.4. The van der Waals surface area contributed by atoms with Gasteiger partial charge >= 0.3 is 6.18 Å². The second-order valence-corrected chi connectivity index (χ2v) is 8.62. The third-order valence-electron chi connectivity index (χ3n) is 6.43. The Kier molecular flexibility index (Phi) is 5.79. The summed E-state index contributed by atoms with van der Waals surface area (Å²) in [7, 11) is 0. The van der Waals surface area contributed by atoms with Crippen molar-refractivity contribution in [1.29, 1.82) is 0 Å². The number of alkyl halides is 3. The number of carbonyl (C=O) groups excluding carboxylic acids is 2. The summed E-state index contributed by atoms with van der Waals surface area (Å²) in [5.74, 6) is -1.08. The van der Waals surface area contributed by atoms with Crippen molar-refractivity contribution in [3.63, 3.8) is 0 Å². The van der Waals surface area contributed by atoms with E-state index < -0.39 is 29.4 Å². The summed E-state index contributed by atoms with van der Waals surface area (Å²) in [6.45, 7) is 2.04. The molecule has 182 valence electrons. The maximum Gasteiger partial charge on any atom is 0.433 e. The van der Waals surface area contributed by atoms with Crippen LogP contribution < -0.4 is 9.80 Å². The molecule has 5 rings (SSSR count). The van der Waals surface area contributed by atoms with Gasteiger partial charge in [0.25, 0.3) is 11.8 Å². The number of piperidine rings is 1. The molecule has 0 spiro atoms. The van der Waals surface area contributed by atoms with Crippen molar-refractivity contribution in [1.82, 2.24) is 14.8 Å². The van der Waals surface area contributed by atoms with Crippen molar-refractivity contribution < 1.29 is 27.9 Å². The van der Waals surface area contributed by atoms with Gasteiger partial charge in [-0.25, -0.2) is 14.6 Å². The minimum atomic E-state index is -4.70. The van der Waals surface area contributed by atoms with E-state index in [9.17, 15) is 22.8 Å². The van der Waals surface area contributed by atoms with Crippen LogP contribution in [-0.2, 0) is 6.18 Å². The molecule has 1 N–H and O–H groups in total. The van der Waals surface area contributed by atoms with Gasteiger partial charge in [0, 0.05) is 25.4 Å². The van der Waals surface area contributed by atoms with Crippen molar-refractivity contribution in [2.24, 2.45) is 5.92 Å². The van der Waals surface area contributed by atoms with Crippen LogP contribution in [0.25, 0.3) is 5.69 Å². The number of nitrogens with zero attached hydrogens (tertiary/aromatic N) is 5. The lowest BCUT2D eigenvalue weighted by Gasteiger charge is -2.33. The van der Waals surface area contributed by atoms with E-state index >= 15 is 0 Å². The van der Waals surface area contributed by atoms with Gasteiger partial charge in [0.2, 0.25) is 0 Å². The summed E-state index contributed by atoms with van der Waals surface area (Å²) in [6.07, 6.45) is -0.314. The van der Waals surface area contributed by atoms with E-state index in [4.69, 9.17) is 5.11 Å². The van der Waals surface area contributed by atoms with E-state index in [2.05, 4.69) is 15.0 Å². The summed E-state index contributed by atoms with van der Waals surface area (Å²) in [5.41, 5.74) is 0.344. The van der Waals surface area contributed by atoms with E-state index in [1.807, 2.05) is 24.3 Å². The standard InChI is InChI=1S/C24H22F3N5O3/c25-24(26,27)20-3-1-2-18(28-20)22(34)32-19-14-31(29-21(19)23(32)35)17-6-4-16(5-7-17)30-11-8-15(9-12-30)10-13-33/h1-7,14-15,33H,8-13H2. The maximum atomic E-state index is 13.0. The molecule has 11 heteroatoms. The molecule has 2 aliphatic rings. The van der Waals surface area contributed by atoms with Crippen molar-refractivity contribution in [2.75, 3.05) is 29.5 Å². The van der Waals surface area contributed by atoms with Gasteiger partial charge in [0.15, 0.2) is 5.69 Å². The monoisotopic (exact) mass is 485 g/mol. The predicted molar refractivity (Wildman–Crippen MR) is 121 cm³/mol. The van der Waals surface area contributed by atoms with Gasteiger partial charge in [-0.3, -0.25) is 9.59 Å². The quantitative estimate of drug-likeness (QED) is 0.555. The highest BCUT2D eigenvalue weighted by molar-refractivity contribution is 6.33. The van der Waals surface area contributed by atoms with Crippen LogP contribution in [-0.4, -0.2) is 51.4 Å². The van der Waals surface area contributed by atoms with E-state index in [1.165, 1.54) is 10.9 Å². The fourth-order valence-electron chi connectivity index (χ4n) is 4.48. The number of carbonyl (C=O) groups is 2. The Morgan fingerprint density at radius 2 is 1.74 bits per heavy atom. The summed E-state index contributed by atoms with van der Waals surface area (Å²) in [4.78, 5) is 31.7.